The summed E-state index contributed by atoms with van der Waals surface area (Å²) in [5.74, 6) is 0.989. The minimum Gasteiger partial charge on any atom is -0.314 e. The molecule has 18 heavy (non-hydrogen) atoms. The zero-order valence-corrected chi connectivity index (χ0v) is 10.9. The first-order valence-electron chi connectivity index (χ1n) is 7.11. The summed E-state index contributed by atoms with van der Waals surface area (Å²) in [4.78, 5) is 10.9. The van der Waals surface area contributed by atoms with Gasteiger partial charge in [-0.05, 0) is 38.1 Å². The Labute approximate surface area is 109 Å². The van der Waals surface area contributed by atoms with Crippen LogP contribution in [0.1, 0.15) is 31.4 Å². The van der Waals surface area contributed by atoms with Crippen molar-refractivity contribution in [2.24, 2.45) is 5.92 Å². The van der Waals surface area contributed by atoms with E-state index in [0.717, 1.165) is 24.2 Å². The fourth-order valence-corrected chi connectivity index (χ4v) is 2.59. The standard InChI is InChI=1S/C14H22N4/c1-2-12(1)9-17-13-3-7-18(8-4-13)11-14-10-15-5-6-16-14/h5-6,10,12-13,17H,1-4,7-9,11H2. The van der Waals surface area contributed by atoms with Gasteiger partial charge in [0.2, 0.25) is 0 Å². The van der Waals surface area contributed by atoms with E-state index in [1.807, 2.05) is 6.20 Å². The summed E-state index contributed by atoms with van der Waals surface area (Å²) in [6.07, 6.45) is 10.8. The number of hydrogen-bond donors (Lipinski definition) is 1. The maximum atomic E-state index is 4.34. The average molecular weight is 246 g/mol. The van der Waals surface area contributed by atoms with E-state index in [0.29, 0.717) is 0 Å². The third-order valence-corrected chi connectivity index (χ3v) is 3.98. The van der Waals surface area contributed by atoms with Crippen LogP contribution in [0.3, 0.4) is 0 Å². The van der Waals surface area contributed by atoms with Crippen LogP contribution in [0.25, 0.3) is 0 Å². The van der Waals surface area contributed by atoms with Crippen molar-refractivity contribution in [1.82, 2.24) is 20.2 Å². The molecule has 2 aliphatic rings. The first kappa shape index (κ1) is 12.1. The molecule has 0 bridgehead atoms. The predicted octanol–water partition coefficient (Wildman–Crippen LogP) is 1.44. The smallest absolute Gasteiger partial charge is 0.0726 e. The topological polar surface area (TPSA) is 41.1 Å². The van der Waals surface area contributed by atoms with Crippen molar-refractivity contribution in [3.05, 3.63) is 24.3 Å². The van der Waals surface area contributed by atoms with Gasteiger partial charge in [0.15, 0.2) is 0 Å². The Balaban J connectivity index is 1.39. The van der Waals surface area contributed by atoms with Gasteiger partial charge in [-0.3, -0.25) is 14.9 Å². The molecule has 98 valence electrons. The zero-order valence-electron chi connectivity index (χ0n) is 10.9. The van der Waals surface area contributed by atoms with Crippen molar-refractivity contribution in [2.75, 3.05) is 19.6 Å². The third-order valence-electron chi connectivity index (χ3n) is 3.98. The molecule has 0 amide bonds. The maximum Gasteiger partial charge on any atom is 0.0726 e. The van der Waals surface area contributed by atoms with Gasteiger partial charge in [-0.15, -0.1) is 0 Å². The van der Waals surface area contributed by atoms with E-state index in [4.69, 9.17) is 0 Å². The lowest BCUT2D eigenvalue weighted by molar-refractivity contribution is 0.188. The van der Waals surface area contributed by atoms with Crippen molar-refractivity contribution >= 4 is 0 Å². The Morgan fingerprint density at radius 2 is 2.00 bits per heavy atom. The molecule has 0 radical (unpaired) electrons. The Morgan fingerprint density at radius 1 is 1.17 bits per heavy atom. The van der Waals surface area contributed by atoms with Crippen LogP contribution in [0.2, 0.25) is 0 Å². The largest absolute Gasteiger partial charge is 0.314 e. The molecule has 4 nitrogen and oxygen atoms in total. The van der Waals surface area contributed by atoms with Crippen molar-refractivity contribution in [3.8, 4) is 0 Å². The van der Waals surface area contributed by atoms with Gasteiger partial charge >= 0.3 is 0 Å². The van der Waals surface area contributed by atoms with Gasteiger partial charge < -0.3 is 5.32 Å². The molecule has 1 aliphatic carbocycles. The van der Waals surface area contributed by atoms with Gasteiger partial charge in [0.1, 0.15) is 0 Å². The molecule has 0 unspecified atom stereocenters. The number of nitrogens with one attached hydrogen (secondary N) is 1. The number of hydrogen-bond acceptors (Lipinski definition) is 4. The summed E-state index contributed by atoms with van der Waals surface area (Å²) in [7, 11) is 0. The second kappa shape index (κ2) is 5.76. The minimum atomic E-state index is 0.740. The highest BCUT2D eigenvalue weighted by Gasteiger charge is 2.24. The number of likely N-dealkylation sites (tertiary alicyclic amines) is 1. The average Bonchev–Trinajstić information content (AvgIpc) is 3.23. The zero-order chi connectivity index (χ0) is 12.2. The quantitative estimate of drug-likeness (QED) is 0.853. The summed E-state index contributed by atoms with van der Waals surface area (Å²) >= 11 is 0. The van der Waals surface area contributed by atoms with E-state index in [1.165, 1.54) is 45.3 Å². The van der Waals surface area contributed by atoms with E-state index in [-0.39, 0.29) is 0 Å². The molecule has 0 spiro atoms. The number of nitrogens with zero attached hydrogens (tertiary/aromatic N) is 3. The summed E-state index contributed by atoms with van der Waals surface area (Å²) < 4.78 is 0. The molecule has 1 aromatic heterocycles. The molecule has 3 rings (SSSR count). The van der Waals surface area contributed by atoms with Gasteiger partial charge in [-0.1, -0.05) is 0 Å². The van der Waals surface area contributed by atoms with Gasteiger partial charge in [-0.25, -0.2) is 0 Å². The lowest BCUT2D eigenvalue weighted by Crippen LogP contribution is -2.42. The van der Waals surface area contributed by atoms with Gasteiger partial charge in [0.05, 0.1) is 5.69 Å². The van der Waals surface area contributed by atoms with E-state index in [9.17, 15) is 0 Å². The highest BCUT2D eigenvalue weighted by molar-refractivity contribution is 4.95. The molecule has 0 atom stereocenters. The second-order valence-corrected chi connectivity index (χ2v) is 5.60. The maximum absolute atomic E-state index is 4.34. The summed E-state index contributed by atoms with van der Waals surface area (Å²) in [5.41, 5.74) is 1.09. The van der Waals surface area contributed by atoms with E-state index >= 15 is 0 Å². The van der Waals surface area contributed by atoms with E-state index < -0.39 is 0 Å². The van der Waals surface area contributed by atoms with E-state index in [2.05, 4.69) is 20.2 Å². The van der Waals surface area contributed by atoms with Gasteiger partial charge in [0.25, 0.3) is 0 Å². The molecule has 2 fully saturated rings. The van der Waals surface area contributed by atoms with E-state index in [1.54, 1.807) is 12.4 Å². The lowest BCUT2D eigenvalue weighted by atomic mass is 10.0. The van der Waals surface area contributed by atoms with Gasteiger partial charge in [0, 0.05) is 44.3 Å². The second-order valence-electron chi connectivity index (χ2n) is 5.60. The monoisotopic (exact) mass is 246 g/mol. The number of rotatable bonds is 5. The Bertz CT molecular complexity index is 355. The van der Waals surface area contributed by atoms with Crippen LogP contribution in [0.5, 0.6) is 0 Å². The van der Waals surface area contributed by atoms with Crippen molar-refractivity contribution in [2.45, 2.75) is 38.3 Å². The fraction of sp³-hybridized carbons (Fsp3) is 0.714. The van der Waals surface area contributed by atoms with Crippen LogP contribution in [-0.4, -0.2) is 40.5 Å². The minimum absolute atomic E-state index is 0.740. The molecule has 1 aromatic rings. The molecule has 1 saturated heterocycles. The molecule has 4 heteroatoms. The predicted molar refractivity (Wildman–Crippen MR) is 71.1 cm³/mol. The first-order valence-corrected chi connectivity index (χ1v) is 7.11. The van der Waals surface area contributed by atoms with Crippen LogP contribution < -0.4 is 5.32 Å². The Hall–Kier alpha value is -1.00. The molecular formula is C14H22N4. The first-order chi connectivity index (χ1) is 8.90. The van der Waals surface area contributed by atoms with Crippen molar-refractivity contribution in [3.63, 3.8) is 0 Å². The fourth-order valence-electron chi connectivity index (χ4n) is 2.59. The molecule has 1 saturated carbocycles. The summed E-state index contributed by atoms with van der Waals surface area (Å²) in [5, 5.41) is 3.71. The van der Waals surface area contributed by atoms with Crippen LogP contribution in [-0.2, 0) is 6.54 Å². The van der Waals surface area contributed by atoms with Gasteiger partial charge in [-0.2, -0.15) is 0 Å². The molecule has 0 aromatic carbocycles. The number of piperidine rings is 1. The highest BCUT2D eigenvalue weighted by atomic mass is 15.1. The lowest BCUT2D eigenvalue weighted by Gasteiger charge is -2.32. The highest BCUT2D eigenvalue weighted by Crippen LogP contribution is 2.28. The Kier molecular flexibility index (Phi) is 3.86. The number of aromatic nitrogens is 2. The van der Waals surface area contributed by atoms with Crippen LogP contribution in [0, 0.1) is 5.92 Å². The van der Waals surface area contributed by atoms with Crippen molar-refractivity contribution in [1.29, 1.82) is 0 Å². The van der Waals surface area contributed by atoms with Crippen LogP contribution in [0.4, 0.5) is 0 Å². The normalized spacial score (nSPS) is 22.2. The molecule has 2 heterocycles. The SMILES string of the molecule is c1cnc(CN2CCC(NCC3CC3)CC2)cn1. The molecule has 1 N–H and O–H groups in total. The third kappa shape index (κ3) is 3.50. The molecular weight excluding hydrogens is 224 g/mol. The molecule has 1 aliphatic heterocycles. The summed E-state index contributed by atoms with van der Waals surface area (Å²) in [6.45, 7) is 4.55. The summed E-state index contributed by atoms with van der Waals surface area (Å²) in [6, 6.07) is 0.740. The Morgan fingerprint density at radius 3 is 2.67 bits per heavy atom. The van der Waals surface area contributed by atoms with Crippen LogP contribution in [0.15, 0.2) is 18.6 Å². The van der Waals surface area contributed by atoms with Crippen molar-refractivity contribution < 1.29 is 0 Å². The van der Waals surface area contributed by atoms with Crippen LogP contribution >= 0.6 is 0 Å².